The number of halogens is 1. The number of carboxylic acid groups (broad SMARTS) is 1. The number of nitrogens with zero attached hydrogens (tertiary/aromatic N) is 2. The van der Waals surface area contributed by atoms with Gasteiger partial charge in [-0.3, -0.25) is 0 Å². The van der Waals surface area contributed by atoms with Crippen molar-refractivity contribution in [1.82, 2.24) is 4.98 Å². The Morgan fingerprint density at radius 2 is 2.16 bits per heavy atom. The summed E-state index contributed by atoms with van der Waals surface area (Å²) in [5.74, 6) is -1.75. The number of hydrogen-bond donors (Lipinski definition) is 1. The third-order valence-electron chi connectivity index (χ3n) is 2.25. The van der Waals surface area contributed by atoms with E-state index in [4.69, 9.17) is 15.1 Å². The first kappa shape index (κ1) is 12.5. The molecule has 0 spiro atoms. The number of carboxylic acids is 1. The second kappa shape index (κ2) is 5.14. The van der Waals surface area contributed by atoms with Crippen LogP contribution in [-0.2, 0) is 0 Å². The Morgan fingerprint density at radius 1 is 1.37 bits per heavy atom. The fourth-order valence-corrected chi connectivity index (χ4v) is 1.39. The van der Waals surface area contributed by atoms with E-state index in [1.54, 1.807) is 0 Å². The Morgan fingerprint density at radius 3 is 2.74 bits per heavy atom. The lowest BCUT2D eigenvalue weighted by molar-refractivity contribution is 0.0694. The van der Waals surface area contributed by atoms with Crippen LogP contribution >= 0.6 is 0 Å². The Kier molecular flexibility index (Phi) is 3.39. The maximum Gasteiger partial charge on any atom is 0.339 e. The second-order valence-corrected chi connectivity index (χ2v) is 3.54. The molecule has 5 nitrogen and oxygen atoms in total. The molecule has 0 aliphatic heterocycles. The van der Waals surface area contributed by atoms with Crippen molar-refractivity contribution in [3.8, 4) is 17.6 Å². The summed E-state index contributed by atoms with van der Waals surface area (Å²) >= 11 is 0. The minimum atomic E-state index is -1.23. The average Bonchev–Trinajstić information content (AvgIpc) is 2.39. The van der Waals surface area contributed by atoms with E-state index in [1.165, 1.54) is 18.3 Å². The number of carbonyl (C=O) groups is 1. The summed E-state index contributed by atoms with van der Waals surface area (Å²) in [6, 6.07) is 7.82. The topological polar surface area (TPSA) is 83.2 Å². The average molecular weight is 258 g/mol. The van der Waals surface area contributed by atoms with Gasteiger partial charge in [0.1, 0.15) is 34.6 Å². The summed E-state index contributed by atoms with van der Waals surface area (Å²) in [6.07, 6.45) is 1.26. The predicted molar refractivity (Wildman–Crippen MR) is 62.4 cm³/mol. The Balaban J connectivity index is 2.34. The van der Waals surface area contributed by atoms with Crippen LogP contribution in [0.25, 0.3) is 0 Å². The van der Waals surface area contributed by atoms with Crippen molar-refractivity contribution in [2.24, 2.45) is 0 Å². The molecule has 2 aromatic rings. The number of nitriles is 1. The van der Waals surface area contributed by atoms with Gasteiger partial charge in [-0.25, -0.2) is 14.2 Å². The van der Waals surface area contributed by atoms with Gasteiger partial charge in [0.2, 0.25) is 0 Å². The number of pyridine rings is 1. The van der Waals surface area contributed by atoms with Crippen LogP contribution < -0.4 is 4.74 Å². The molecular formula is C13H7FN2O3. The Bertz CT molecular complexity index is 663. The molecule has 0 fully saturated rings. The molecule has 0 aliphatic carbocycles. The molecule has 1 aromatic carbocycles. The van der Waals surface area contributed by atoms with Gasteiger partial charge in [-0.2, -0.15) is 5.26 Å². The molecule has 0 radical (unpaired) electrons. The van der Waals surface area contributed by atoms with Crippen LogP contribution in [0.5, 0.6) is 11.5 Å². The molecule has 1 heterocycles. The van der Waals surface area contributed by atoms with Crippen LogP contribution in [0.2, 0.25) is 0 Å². The fourth-order valence-electron chi connectivity index (χ4n) is 1.39. The monoisotopic (exact) mass is 258 g/mol. The van der Waals surface area contributed by atoms with Crippen LogP contribution in [0.4, 0.5) is 4.39 Å². The first-order valence-electron chi connectivity index (χ1n) is 5.17. The van der Waals surface area contributed by atoms with Crippen molar-refractivity contribution in [3.05, 3.63) is 53.6 Å². The maximum absolute atomic E-state index is 13.1. The summed E-state index contributed by atoms with van der Waals surface area (Å²) in [4.78, 5) is 14.7. The van der Waals surface area contributed by atoms with Gasteiger partial charge in [0.15, 0.2) is 0 Å². The van der Waals surface area contributed by atoms with Crippen molar-refractivity contribution in [3.63, 3.8) is 0 Å². The second-order valence-electron chi connectivity index (χ2n) is 3.54. The summed E-state index contributed by atoms with van der Waals surface area (Å²) in [5, 5.41) is 17.5. The summed E-state index contributed by atoms with van der Waals surface area (Å²) in [6.45, 7) is 0. The van der Waals surface area contributed by atoms with E-state index in [1.807, 2.05) is 6.07 Å². The molecule has 0 atom stereocenters. The highest BCUT2D eigenvalue weighted by atomic mass is 19.1. The molecule has 0 saturated carbocycles. The van der Waals surface area contributed by atoms with Gasteiger partial charge in [-0.1, -0.05) is 0 Å². The molecule has 94 valence electrons. The molecule has 0 aliphatic rings. The van der Waals surface area contributed by atoms with Gasteiger partial charge in [-0.15, -0.1) is 0 Å². The molecule has 0 unspecified atom stereocenters. The van der Waals surface area contributed by atoms with Crippen LogP contribution in [0.3, 0.4) is 0 Å². The third kappa shape index (κ3) is 2.84. The van der Waals surface area contributed by atoms with Crippen molar-refractivity contribution < 1.29 is 19.0 Å². The zero-order valence-electron chi connectivity index (χ0n) is 9.50. The lowest BCUT2D eigenvalue weighted by atomic mass is 10.2. The van der Waals surface area contributed by atoms with E-state index in [2.05, 4.69) is 4.98 Å². The molecule has 19 heavy (non-hydrogen) atoms. The summed E-state index contributed by atoms with van der Waals surface area (Å²) < 4.78 is 18.4. The quantitative estimate of drug-likeness (QED) is 0.914. The minimum absolute atomic E-state index is 0.126. The normalized spacial score (nSPS) is 9.68. The molecule has 0 bridgehead atoms. The highest BCUT2D eigenvalue weighted by molar-refractivity contribution is 5.90. The predicted octanol–water partition coefficient (Wildman–Crippen LogP) is 2.58. The molecular weight excluding hydrogens is 251 g/mol. The molecule has 1 N–H and O–H groups in total. The van der Waals surface area contributed by atoms with Crippen molar-refractivity contribution in [2.75, 3.05) is 0 Å². The first-order valence-corrected chi connectivity index (χ1v) is 5.17. The lowest BCUT2D eigenvalue weighted by Crippen LogP contribution is -2.00. The number of hydrogen-bond acceptors (Lipinski definition) is 4. The number of rotatable bonds is 3. The van der Waals surface area contributed by atoms with E-state index in [9.17, 15) is 9.18 Å². The number of aromatic nitrogens is 1. The van der Waals surface area contributed by atoms with Crippen LogP contribution in [0, 0.1) is 17.1 Å². The molecule has 0 saturated heterocycles. The zero-order valence-corrected chi connectivity index (χ0v) is 9.50. The van der Waals surface area contributed by atoms with Gasteiger partial charge < -0.3 is 9.84 Å². The Hall–Kier alpha value is -2.94. The van der Waals surface area contributed by atoms with Gasteiger partial charge in [0.05, 0.1) is 6.20 Å². The van der Waals surface area contributed by atoms with E-state index in [0.717, 1.165) is 18.2 Å². The molecule has 0 amide bonds. The van der Waals surface area contributed by atoms with Crippen molar-refractivity contribution in [1.29, 1.82) is 5.26 Å². The van der Waals surface area contributed by atoms with Crippen LogP contribution in [0.15, 0.2) is 36.5 Å². The van der Waals surface area contributed by atoms with E-state index >= 15 is 0 Å². The minimum Gasteiger partial charge on any atom is -0.478 e. The zero-order chi connectivity index (χ0) is 13.8. The van der Waals surface area contributed by atoms with E-state index < -0.39 is 11.8 Å². The van der Waals surface area contributed by atoms with Crippen molar-refractivity contribution in [2.45, 2.75) is 0 Å². The van der Waals surface area contributed by atoms with Gasteiger partial charge in [0, 0.05) is 6.07 Å². The molecule has 1 aromatic heterocycles. The SMILES string of the molecule is N#Cc1ccc(Oc2cc(F)ccc2C(=O)O)cn1. The molecule has 2 rings (SSSR count). The smallest absolute Gasteiger partial charge is 0.339 e. The van der Waals surface area contributed by atoms with Crippen LogP contribution in [0.1, 0.15) is 16.1 Å². The maximum atomic E-state index is 13.1. The highest BCUT2D eigenvalue weighted by Gasteiger charge is 2.13. The summed E-state index contributed by atoms with van der Waals surface area (Å²) in [5.41, 5.74) is 0.0378. The first-order chi connectivity index (χ1) is 9.10. The largest absolute Gasteiger partial charge is 0.478 e. The number of benzene rings is 1. The Labute approximate surface area is 107 Å². The lowest BCUT2D eigenvalue weighted by Gasteiger charge is -2.08. The van der Waals surface area contributed by atoms with Crippen molar-refractivity contribution >= 4 is 5.97 Å². The van der Waals surface area contributed by atoms with Crippen LogP contribution in [-0.4, -0.2) is 16.1 Å². The van der Waals surface area contributed by atoms with Gasteiger partial charge in [0.25, 0.3) is 0 Å². The summed E-state index contributed by atoms with van der Waals surface area (Å²) in [7, 11) is 0. The third-order valence-corrected chi connectivity index (χ3v) is 2.25. The number of aromatic carboxylic acids is 1. The van der Waals surface area contributed by atoms with Gasteiger partial charge in [-0.05, 0) is 24.3 Å². The van der Waals surface area contributed by atoms with E-state index in [0.29, 0.717) is 0 Å². The van der Waals surface area contributed by atoms with Gasteiger partial charge >= 0.3 is 5.97 Å². The fraction of sp³-hybridized carbons (Fsp3) is 0. The highest BCUT2D eigenvalue weighted by Crippen LogP contribution is 2.26. The standard InChI is InChI=1S/C13H7FN2O3/c14-8-1-4-11(13(17)18)12(5-8)19-10-3-2-9(6-15)16-7-10/h1-5,7H,(H,17,18). The molecule has 6 heteroatoms. The van der Waals surface area contributed by atoms with E-state index in [-0.39, 0.29) is 22.8 Å². The number of ether oxygens (including phenoxy) is 1.